The van der Waals surface area contributed by atoms with Crippen molar-refractivity contribution in [2.24, 2.45) is 7.05 Å². The summed E-state index contributed by atoms with van der Waals surface area (Å²) >= 11 is 0. The van der Waals surface area contributed by atoms with Crippen LogP contribution in [0.4, 0.5) is 23.2 Å². The van der Waals surface area contributed by atoms with Gasteiger partial charge in [0.15, 0.2) is 0 Å². The fraction of sp³-hybridized carbons (Fsp3) is 0.111. The topological polar surface area (TPSA) is 81.1 Å². The Morgan fingerprint density at radius 1 is 1.15 bits per heavy atom. The predicted molar refractivity (Wildman–Crippen MR) is 91.3 cm³/mol. The Morgan fingerprint density at radius 3 is 2.37 bits per heavy atom. The van der Waals surface area contributed by atoms with Crippen molar-refractivity contribution < 1.29 is 27.5 Å². The summed E-state index contributed by atoms with van der Waals surface area (Å²) in [4.78, 5) is 10.4. The van der Waals surface area contributed by atoms with E-state index in [0.29, 0.717) is 16.8 Å². The SMILES string of the molecule is Cn1cc(C(=O)O)c(C(F)F)n1.Nc1ccc(F)cc1-c1ccccc1F. The van der Waals surface area contributed by atoms with E-state index in [-0.39, 0.29) is 0 Å². The minimum atomic E-state index is -2.85. The zero-order valence-electron chi connectivity index (χ0n) is 14.0. The first-order chi connectivity index (χ1) is 12.7. The highest BCUT2D eigenvalue weighted by Gasteiger charge is 2.21. The lowest BCUT2D eigenvalue weighted by Crippen LogP contribution is -1.99. The fourth-order valence-corrected chi connectivity index (χ4v) is 2.27. The van der Waals surface area contributed by atoms with Gasteiger partial charge in [-0.25, -0.2) is 22.4 Å². The Labute approximate surface area is 151 Å². The first-order valence-corrected chi connectivity index (χ1v) is 7.55. The molecule has 0 radical (unpaired) electrons. The number of aromatic nitrogens is 2. The molecule has 0 aliphatic carbocycles. The van der Waals surface area contributed by atoms with Crippen LogP contribution in [0.15, 0.2) is 48.7 Å². The minimum absolute atomic E-state index is 0.314. The van der Waals surface area contributed by atoms with Gasteiger partial charge in [0.2, 0.25) is 0 Å². The van der Waals surface area contributed by atoms with Crippen LogP contribution in [0, 0.1) is 11.6 Å². The maximum atomic E-state index is 13.4. The predicted octanol–water partition coefficient (Wildman–Crippen LogP) is 4.27. The van der Waals surface area contributed by atoms with Crippen molar-refractivity contribution in [3.63, 3.8) is 0 Å². The molecule has 3 rings (SSSR count). The molecule has 3 N–H and O–H groups in total. The summed E-state index contributed by atoms with van der Waals surface area (Å²) < 4.78 is 51.6. The van der Waals surface area contributed by atoms with E-state index < -0.39 is 35.3 Å². The van der Waals surface area contributed by atoms with E-state index in [2.05, 4.69) is 5.10 Å². The van der Waals surface area contributed by atoms with Gasteiger partial charge in [-0.3, -0.25) is 4.68 Å². The van der Waals surface area contributed by atoms with Gasteiger partial charge < -0.3 is 10.8 Å². The first-order valence-electron chi connectivity index (χ1n) is 7.55. The number of alkyl halides is 2. The molecule has 5 nitrogen and oxygen atoms in total. The highest BCUT2D eigenvalue weighted by molar-refractivity contribution is 5.88. The number of carboxylic acids is 1. The normalized spacial score (nSPS) is 10.4. The Hall–Kier alpha value is -3.36. The number of benzene rings is 2. The molecule has 0 bridgehead atoms. The molecule has 142 valence electrons. The molecule has 0 saturated heterocycles. The van der Waals surface area contributed by atoms with Crippen molar-refractivity contribution in [2.45, 2.75) is 6.43 Å². The largest absolute Gasteiger partial charge is 0.478 e. The number of nitrogens with zero attached hydrogens (tertiary/aromatic N) is 2. The number of anilines is 1. The van der Waals surface area contributed by atoms with Gasteiger partial charge >= 0.3 is 5.97 Å². The number of hydrogen-bond acceptors (Lipinski definition) is 3. The Morgan fingerprint density at radius 2 is 1.81 bits per heavy atom. The van der Waals surface area contributed by atoms with Crippen LogP contribution in [-0.2, 0) is 7.05 Å². The zero-order valence-corrected chi connectivity index (χ0v) is 14.0. The molecule has 0 amide bonds. The summed E-state index contributed by atoms with van der Waals surface area (Å²) in [6, 6.07) is 10.1. The van der Waals surface area contributed by atoms with Crippen molar-refractivity contribution in [1.82, 2.24) is 9.78 Å². The zero-order chi connectivity index (χ0) is 20.1. The van der Waals surface area contributed by atoms with Crippen LogP contribution >= 0.6 is 0 Å². The number of nitrogens with two attached hydrogens (primary N) is 1. The standard InChI is InChI=1S/C12H9F2N.C6H6F2N2O2/c13-8-5-6-12(15)10(7-8)9-3-1-2-4-11(9)14;1-10-2-3(6(11)12)4(9-10)5(7)8/h1-7H,15H2;2,5H,1H3,(H,11,12). The third-order valence-electron chi connectivity index (χ3n) is 3.47. The van der Waals surface area contributed by atoms with Gasteiger partial charge in [0.25, 0.3) is 6.43 Å². The summed E-state index contributed by atoms with van der Waals surface area (Å²) in [6.07, 6.45) is -1.80. The second-order valence-electron chi connectivity index (χ2n) is 5.42. The van der Waals surface area contributed by atoms with Crippen LogP contribution < -0.4 is 5.73 Å². The maximum absolute atomic E-state index is 13.4. The van der Waals surface area contributed by atoms with Gasteiger partial charge in [0.1, 0.15) is 22.9 Å². The number of nitrogen functional groups attached to an aromatic ring is 1. The van der Waals surface area contributed by atoms with E-state index in [0.717, 1.165) is 10.9 Å². The lowest BCUT2D eigenvalue weighted by Gasteiger charge is -2.06. The minimum Gasteiger partial charge on any atom is -0.478 e. The number of rotatable bonds is 3. The number of halogens is 4. The van der Waals surface area contributed by atoms with Gasteiger partial charge in [-0.1, -0.05) is 18.2 Å². The quantitative estimate of drug-likeness (QED) is 0.524. The average Bonchev–Trinajstić information content (AvgIpc) is 3.01. The molecule has 27 heavy (non-hydrogen) atoms. The first kappa shape index (κ1) is 20.0. The molecule has 2 aromatic carbocycles. The van der Waals surface area contributed by atoms with Crippen molar-refractivity contribution in [3.05, 3.63) is 71.6 Å². The molecule has 0 unspecified atom stereocenters. The number of carbonyl (C=O) groups is 1. The van der Waals surface area contributed by atoms with E-state index in [9.17, 15) is 22.4 Å². The molecule has 1 aromatic heterocycles. The summed E-state index contributed by atoms with van der Waals surface area (Å²) in [7, 11) is 1.39. The summed E-state index contributed by atoms with van der Waals surface area (Å²) in [5.74, 6) is -2.23. The highest BCUT2D eigenvalue weighted by atomic mass is 19.3. The molecule has 0 saturated carbocycles. The Kier molecular flexibility index (Phi) is 6.17. The Bertz CT molecular complexity index is 958. The average molecular weight is 381 g/mol. The van der Waals surface area contributed by atoms with E-state index in [4.69, 9.17) is 10.8 Å². The van der Waals surface area contributed by atoms with Gasteiger partial charge in [-0.05, 0) is 24.3 Å². The van der Waals surface area contributed by atoms with Crippen LogP contribution in [0.3, 0.4) is 0 Å². The van der Waals surface area contributed by atoms with Crippen molar-refractivity contribution in [3.8, 4) is 11.1 Å². The van der Waals surface area contributed by atoms with Gasteiger partial charge in [-0.15, -0.1) is 0 Å². The van der Waals surface area contributed by atoms with Crippen LogP contribution in [0.25, 0.3) is 11.1 Å². The number of aryl methyl sites for hydroxylation is 1. The molecular formula is C18H15F4N3O2. The van der Waals surface area contributed by atoms with E-state index in [1.165, 1.54) is 31.3 Å². The molecule has 9 heteroatoms. The van der Waals surface area contributed by atoms with E-state index >= 15 is 0 Å². The molecule has 0 atom stereocenters. The van der Waals surface area contributed by atoms with Gasteiger partial charge in [0.05, 0.1) is 0 Å². The van der Waals surface area contributed by atoms with Crippen LogP contribution in [0.2, 0.25) is 0 Å². The molecule has 1 heterocycles. The van der Waals surface area contributed by atoms with Crippen molar-refractivity contribution in [2.75, 3.05) is 5.73 Å². The third-order valence-corrected chi connectivity index (χ3v) is 3.47. The maximum Gasteiger partial charge on any atom is 0.339 e. The third kappa shape index (κ3) is 4.84. The van der Waals surface area contributed by atoms with Crippen LogP contribution in [-0.4, -0.2) is 20.9 Å². The molecule has 0 fully saturated rings. The number of aromatic carboxylic acids is 1. The summed E-state index contributed by atoms with van der Waals surface area (Å²) in [5.41, 5.74) is 5.58. The van der Waals surface area contributed by atoms with Crippen LogP contribution in [0.1, 0.15) is 22.5 Å². The molecule has 0 aliphatic heterocycles. The number of hydrogen-bond donors (Lipinski definition) is 2. The summed E-state index contributed by atoms with van der Waals surface area (Å²) in [5, 5.41) is 11.8. The van der Waals surface area contributed by atoms with E-state index in [1.807, 2.05) is 0 Å². The molecule has 0 spiro atoms. The fourth-order valence-electron chi connectivity index (χ4n) is 2.27. The Balaban J connectivity index is 0.000000199. The number of carboxylic acid groups (broad SMARTS) is 1. The van der Waals surface area contributed by atoms with Crippen LogP contribution in [0.5, 0.6) is 0 Å². The molecule has 3 aromatic rings. The lowest BCUT2D eigenvalue weighted by atomic mass is 10.0. The molecule has 0 aliphatic rings. The highest BCUT2D eigenvalue weighted by Crippen LogP contribution is 2.28. The monoisotopic (exact) mass is 381 g/mol. The van der Waals surface area contributed by atoms with Crippen molar-refractivity contribution >= 4 is 11.7 Å². The van der Waals surface area contributed by atoms with Crippen molar-refractivity contribution in [1.29, 1.82) is 0 Å². The van der Waals surface area contributed by atoms with E-state index in [1.54, 1.807) is 18.2 Å². The summed E-state index contributed by atoms with van der Waals surface area (Å²) in [6.45, 7) is 0. The smallest absolute Gasteiger partial charge is 0.339 e. The second-order valence-corrected chi connectivity index (χ2v) is 5.42. The van der Waals surface area contributed by atoms with Gasteiger partial charge in [-0.2, -0.15) is 5.10 Å². The second kappa shape index (κ2) is 8.35. The lowest BCUT2D eigenvalue weighted by molar-refractivity contribution is 0.0684. The van der Waals surface area contributed by atoms with Gasteiger partial charge in [0, 0.05) is 30.1 Å². The molecular weight excluding hydrogens is 366 g/mol.